The van der Waals surface area contributed by atoms with Crippen molar-refractivity contribution in [2.24, 2.45) is 5.10 Å². The lowest BCUT2D eigenvalue weighted by molar-refractivity contribution is 0.0954. The molecule has 0 aliphatic heterocycles. The molecule has 0 atom stereocenters. The highest BCUT2D eigenvalue weighted by molar-refractivity contribution is 6.01. The van der Waals surface area contributed by atoms with E-state index in [-0.39, 0.29) is 5.91 Å². The van der Waals surface area contributed by atoms with Crippen LogP contribution < -0.4 is 19.6 Å². The first-order valence-corrected chi connectivity index (χ1v) is 7.30. The molecular formula is C18H20N2O4. The summed E-state index contributed by atoms with van der Waals surface area (Å²) >= 11 is 0. The van der Waals surface area contributed by atoms with Crippen LogP contribution in [0.15, 0.2) is 47.6 Å². The van der Waals surface area contributed by atoms with Gasteiger partial charge in [0, 0.05) is 5.56 Å². The van der Waals surface area contributed by atoms with E-state index in [4.69, 9.17) is 14.2 Å². The molecule has 2 aromatic carbocycles. The molecule has 6 nitrogen and oxygen atoms in total. The number of hydrogen-bond donors (Lipinski definition) is 1. The molecule has 0 aliphatic carbocycles. The Hall–Kier alpha value is -3.02. The summed E-state index contributed by atoms with van der Waals surface area (Å²) < 4.78 is 15.7. The zero-order valence-electron chi connectivity index (χ0n) is 14.1. The molecule has 0 heterocycles. The Morgan fingerprint density at radius 2 is 1.50 bits per heavy atom. The van der Waals surface area contributed by atoms with E-state index >= 15 is 0 Å². The number of carbonyl (C=O) groups excluding carboxylic acids is 1. The predicted octanol–water partition coefficient (Wildman–Crippen LogP) is 2.87. The highest BCUT2D eigenvalue weighted by Gasteiger charge is 2.16. The van der Waals surface area contributed by atoms with Crippen LogP contribution >= 0.6 is 0 Å². The highest BCUT2D eigenvalue weighted by Crippen LogP contribution is 2.38. The van der Waals surface area contributed by atoms with Crippen LogP contribution in [0.2, 0.25) is 0 Å². The molecule has 24 heavy (non-hydrogen) atoms. The normalized spacial score (nSPS) is 10.9. The molecule has 0 spiro atoms. The lowest BCUT2D eigenvalue weighted by atomic mass is 10.1. The van der Waals surface area contributed by atoms with Crippen LogP contribution in [0, 0.1) is 0 Å². The number of ether oxygens (including phenoxy) is 3. The van der Waals surface area contributed by atoms with Gasteiger partial charge in [-0.2, -0.15) is 5.10 Å². The van der Waals surface area contributed by atoms with E-state index in [9.17, 15) is 4.79 Å². The molecule has 2 aromatic rings. The number of nitrogens with zero attached hydrogens (tertiary/aromatic N) is 1. The van der Waals surface area contributed by atoms with E-state index in [2.05, 4.69) is 10.5 Å². The van der Waals surface area contributed by atoms with Gasteiger partial charge in [-0.25, -0.2) is 5.43 Å². The number of hydrazone groups is 1. The van der Waals surface area contributed by atoms with Crippen molar-refractivity contribution in [3.05, 3.63) is 53.6 Å². The zero-order chi connectivity index (χ0) is 17.5. The molecule has 1 amide bonds. The standard InChI is InChI=1S/C18H20N2O4/c1-12(13-8-6-5-7-9-13)19-20-18(21)14-10-15(22-2)17(24-4)16(11-14)23-3/h5-11H,1-4H3,(H,20,21). The summed E-state index contributed by atoms with van der Waals surface area (Å²) in [7, 11) is 4.50. The molecule has 2 rings (SSSR count). The fourth-order valence-corrected chi connectivity index (χ4v) is 2.16. The molecule has 0 bridgehead atoms. The summed E-state index contributed by atoms with van der Waals surface area (Å²) in [5.41, 5.74) is 4.53. The second-order valence-electron chi connectivity index (χ2n) is 4.92. The van der Waals surface area contributed by atoms with Crippen molar-refractivity contribution >= 4 is 11.6 Å². The van der Waals surface area contributed by atoms with Crippen LogP contribution in [0.1, 0.15) is 22.8 Å². The Morgan fingerprint density at radius 1 is 0.917 bits per heavy atom. The molecule has 0 radical (unpaired) electrons. The minimum absolute atomic E-state index is 0.356. The van der Waals surface area contributed by atoms with Gasteiger partial charge in [-0.05, 0) is 24.6 Å². The third-order valence-corrected chi connectivity index (χ3v) is 3.44. The van der Waals surface area contributed by atoms with Crippen LogP contribution in [0.4, 0.5) is 0 Å². The summed E-state index contributed by atoms with van der Waals surface area (Å²) in [4.78, 5) is 12.3. The molecule has 0 saturated heterocycles. The summed E-state index contributed by atoms with van der Waals surface area (Å²) in [6, 6.07) is 12.7. The molecule has 126 valence electrons. The molecule has 0 saturated carbocycles. The minimum Gasteiger partial charge on any atom is -0.493 e. The Balaban J connectivity index is 2.24. The second-order valence-corrected chi connectivity index (χ2v) is 4.92. The molecular weight excluding hydrogens is 308 g/mol. The average Bonchev–Trinajstić information content (AvgIpc) is 2.65. The maximum absolute atomic E-state index is 12.3. The number of nitrogens with one attached hydrogen (secondary N) is 1. The minimum atomic E-state index is -0.371. The topological polar surface area (TPSA) is 69.2 Å². The van der Waals surface area contributed by atoms with Gasteiger partial charge >= 0.3 is 0 Å². The largest absolute Gasteiger partial charge is 0.493 e. The third kappa shape index (κ3) is 3.84. The van der Waals surface area contributed by atoms with Crippen molar-refractivity contribution in [3.8, 4) is 17.2 Å². The van der Waals surface area contributed by atoms with Crippen LogP contribution in [-0.2, 0) is 0 Å². The number of benzene rings is 2. The van der Waals surface area contributed by atoms with Gasteiger partial charge in [0.05, 0.1) is 27.0 Å². The number of hydrogen-bond acceptors (Lipinski definition) is 5. The Kier molecular flexibility index (Phi) is 5.78. The van der Waals surface area contributed by atoms with E-state index in [1.165, 1.54) is 21.3 Å². The lowest BCUT2D eigenvalue weighted by Crippen LogP contribution is -2.19. The van der Waals surface area contributed by atoms with Crippen molar-refractivity contribution in [3.63, 3.8) is 0 Å². The van der Waals surface area contributed by atoms with Crippen molar-refractivity contribution in [1.82, 2.24) is 5.43 Å². The van der Waals surface area contributed by atoms with E-state index in [0.717, 1.165) is 5.56 Å². The fraction of sp³-hybridized carbons (Fsp3) is 0.222. The predicted molar refractivity (Wildman–Crippen MR) is 92.2 cm³/mol. The SMILES string of the molecule is COc1cc(C(=O)NN=C(C)c2ccccc2)cc(OC)c1OC. The first kappa shape index (κ1) is 17.3. The van der Waals surface area contributed by atoms with Gasteiger partial charge in [-0.1, -0.05) is 30.3 Å². The molecule has 6 heteroatoms. The molecule has 1 N–H and O–H groups in total. The van der Waals surface area contributed by atoms with Gasteiger partial charge < -0.3 is 14.2 Å². The average molecular weight is 328 g/mol. The Labute approximate surface area is 141 Å². The van der Waals surface area contributed by atoms with Crippen LogP contribution in [0.3, 0.4) is 0 Å². The first-order chi connectivity index (χ1) is 11.6. The second kappa shape index (κ2) is 8.01. The number of carbonyl (C=O) groups is 1. The summed E-state index contributed by atoms with van der Waals surface area (Å²) in [6.07, 6.45) is 0. The third-order valence-electron chi connectivity index (χ3n) is 3.44. The van der Waals surface area contributed by atoms with Crippen LogP contribution in [0.25, 0.3) is 0 Å². The number of methoxy groups -OCH3 is 3. The van der Waals surface area contributed by atoms with Crippen molar-refractivity contribution in [2.45, 2.75) is 6.92 Å². The van der Waals surface area contributed by atoms with E-state index in [1.807, 2.05) is 37.3 Å². The number of rotatable bonds is 6. The van der Waals surface area contributed by atoms with Gasteiger partial charge in [0.25, 0.3) is 5.91 Å². The van der Waals surface area contributed by atoms with E-state index in [0.29, 0.717) is 28.5 Å². The van der Waals surface area contributed by atoms with Crippen molar-refractivity contribution in [2.75, 3.05) is 21.3 Å². The number of amides is 1. The fourth-order valence-electron chi connectivity index (χ4n) is 2.16. The Bertz CT molecular complexity index is 717. The summed E-state index contributed by atoms with van der Waals surface area (Å²) in [6.45, 7) is 1.82. The monoisotopic (exact) mass is 328 g/mol. The highest BCUT2D eigenvalue weighted by atomic mass is 16.5. The first-order valence-electron chi connectivity index (χ1n) is 7.30. The van der Waals surface area contributed by atoms with Crippen LogP contribution in [-0.4, -0.2) is 32.9 Å². The summed E-state index contributed by atoms with van der Waals surface area (Å²) in [5.74, 6) is 0.876. The van der Waals surface area contributed by atoms with Gasteiger partial charge in [-0.15, -0.1) is 0 Å². The molecule has 0 fully saturated rings. The molecule has 0 unspecified atom stereocenters. The van der Waals surface area contributed by atoms with E-state index in [1.54, 1.807) is 12.1 Å². The lowest BCUT2D eigenvalue weighted by Gasteiger charge is -2.13. The van der Waals surface area contributed by atoms with Gasteiger partial charge in [0.2, 0.25) is 5.75 Å². The molecule has 0 aromatic heterocycles. The van der Waals surface area contributed by atoms with Crippen LogP contribution in [0.5, 0.6) is 17.2 Å². The maximum Gasteiger partial charge on any atom is 0.271 e. The maximum atomic E-state index is 12.3. The van der Waals surface area contributed by atoms with Gasteiger partial charge in [0.1, 0.15) is 0 Å². The van der Waals surface area contributed by atoms with Gasteiger partial charge in [-0.3, -0.25) is 4.79 Å². The molecule has 0 aliphatic rings. The zero-order valence-corrected chi connectivity index (χ0v) is 14.1. The smallest absolute Gasteiger partial charge is 0.271 e. The quantitative estimate of drug-likeness (QED) is 0.654. The van der Waals surface area contributed by atoms with Gasteiger partial charge in [0.15, 0.2) is 11.5 Å². The van der Waals surface area contributed by atoms with Crippen molar-refractivity contribution < 1.29 is 19.0 Å². The van der Waals surface area contributed by atoms with Crippen molar-refractivity contribution in [1.29, 1.82) is 0 Å². The van der Waals surface area contributed by atoms with E-state index < -0.39 is 0 Å². The Morgan fingerprint density at radius 3 is 2.00 bits per heavy atom. The summed E-state index contributed by atoms with van der Waals surface area (Å²) in [5, 5.41) is 4.13.